The van der Waals surface area contributed by atoms with Crippen LogP contribution in [0.4, 0.5) is 18.9 Å². The van der Waals surface area contributed by atoms with Gasteiger partial charge in [0.05, 0.1) is 0 Å². The highest BCUT2D eigenvalue weighted by atomic mass is 32.2. The molecule has 0 aliphatic carbocycles. The van der Waals surface area contributed by atoms with Gasteiger partial charge in [-0.2, -0.15) is 13.2 Å². The number of anilines is 1. The van der Waals surface area contributed by atoms with Crippen molar-refractivity contribution < 1.29 is 13.2 Å². The minimum atomic E-state index is -4.23. The first kappa shape index (κ1) is 10.2. The molecule has 0 spiro atoms. The van der Waals surface area contributed by atoms with Gasteiger partial charge in [0.15, 0.2) is 0 Å². The molecule has 1 aromatic carbocycles. The zero-order valence-electron chi connectivity index (χ0n) is 6.85. The molecule has 0 aliphatic rings. The van der Waals surface area contributed by atoms with Crippen LogP contribution in [0.1, 0.15) is 0 Å². The first-order valence-corrected chi connectivity index (χ1v) is 4.37. The fourth-order valence-electron chi connectivity index (χ4n) is 0.887. The Morgan fingerprint density at radius 1 is 1.23 bits per heavy atom. The second-order valence-electron chi connectivity index (χ2n) is 2.29. The summed E-state index contributed by atoms with van der Waals surface area (Å²) >= 11 is -0.111. The third-order valence-electron chi connectivity index (χ3n) is 1.38. The summed E-state index contributed by atoms with van der Waals surface area (Å²) in [6, 6.07) is 6.30. The van der Waals surface area contributed by atoms with E-state index in [0.29, 0.717) is 5.69 Å². The van der Waals surface area contributed by atoms with Crippen LogP contribution in [-0.2, 0) is 0 Å². The maximum absolute atomic E-state index is 12.0. The average Bonchev–Trinajstić information content (AvgIpc) is 2.02. The fourth-order valence-corrected chi connectivity index (χ4v) is 1.56. The number of thioether (sulfide) groups is 1. The molecule has 0 aromatic heterocycles. The van der Waals surface area contributed by atoms with E-state index in [0.717, 1.165) is 0 Å². The van der Waals surface area contributed by atoms with E-state index in [4.69, 9.17) is 0 Å². The van der Waals surface area contributed by atoms with Crippen LogP contribution >= 0.6 is 11.8 Å². The summed E-state index contributed by atoms with van der Waals surface area (Å²) in [4.78, 5) is 0.192. The first-order valence-electron chi connectivity index (χ1n) is 3.55. The molecule has 1 nitrogen and oxygen atoms in total. The van der Waals surface area contributed by atoms with Crippen molar-refractivity contribution in [2.24, 2.45) is 0 Å². The summed E-state index contributed by atoms with van der Waals surface area (Å²) in [7, 11) is 1.59. The van der Waals surface area contributed by atoms with Crippen molar-refractivity contribution >= 4 is 17.4 Å². The highest BCUT2D eigenvalue weighted by Gasteiger charge is 2.30. The summed E-state index contributed by atoms with van der Waals surface area (Å²) in [6.45, 7) is 0. The number of benzene rings is 1. The molecule has 0 bridgehead atoms. The number of alkyl halides is 3. The third-order valence-corrected chi connectivity index (χ3v) is 2.19. The lowest BCUT2D eigenvalue weighted by atomic mass is 10.3. The van der Waals surface area contributed by atoms with Gasteiger partial charge in [0.25, 0.3) is 0 Å². The predicted octanol–water partition coefficient (Wildman–Crippen LogP) is 3.34. The molecule has 5 heteroatoms. The Labute approximate surface area is 78.3 Å². The van der Waals surface area contributed by atoms with Gasteiger partial charge in [0.1, 0.15) is 0 Å². The zero-order valence-corrected chi connectivity index (χ0v) is 7.67. The minimum absolute atomic E-state index is 0.111. The quantitative estimate of drug-likeness (QED) is 0.746. The van der Waals surface area contributed by atoms with Crippen LogP contribution in [0.3, 0.4) is 0 Å². The van der Waals surface area contributed by atoms with Crippen LogP contribution in [0.5, 0.6) is 0 Å². The molecule has 1 rings (SSSR count). The molecular weight excluding hydrogens is 199 g/mol. The standard InChI is InChI=1S/C8H8F3NS/c1-12-6-4-2-3-5-7(6)13-8(9,10)11/h2-5,12H,1H3. The van der Waals surface area contributed by atoms with Gasteiger partial charge in [-0.15, -0.1) is 0 Å². The molecular formula is C8H8F3NS. The van der Waals surface area contributed by atoms with E-state index in [1.165, 1.54) is 6.07 Å². The molecule has 0 saturated carbocycles. The topological polar surface area (TPSA) is 12.0 Å². The van der Waals surface area contributed by atoms with E-state index < -0.39 is 5.51 Å². The van der Waals surface area contributed by atoms with Gasteiger partial charge in [0.2, 0.25) is 0 Å². The van der Waals surface area contributed by atoms with E-state index in [1.807, 2.05) is 0 Å². The second-order valence-corrected chi connectivity index (χ2v) is 3.40. The molecule has 0 saturated heterocycles. The molecule has 0 unspecified atom stereocenters. The predicted molar refractivity (Wildman–Crippen MR) is 47.9 cm³/mol. The van der Waals surface area contributed by atoms with Crippen LogP contribution in [-0.4, -0.2) is 12.6 Å². The van der Waals surface area contributed by atoms with Crippen LogP contribution in [0.2, 0.25) is 0 Å². The third kappa shape index (κ3) is 3.18. The molecule has 0 radical (unpaired) electrons. The summed E-state index contributed by atoms with van der Waals surface area (Å²) in [5.74, 6) is 0. The smallest absolute Gasteiger partial charge is 0.387 e. The lowest BCUT2D eigenvalue weighted by molar-refractivity contribution is -0.0327. The highest BCUT2D eigenvalue weighted by Crippen LogP contribution is 2.39. The Morgan fingerprint density at radius 3 is 2.38 bits per heavy atom. The normalized spacial score (nSPS) is 11.4. The Balaban J connectivity index is 2.87. The number of hydrogen-bond acceptors (Lipinski definition) is 2. The summed E-state index contributed by atoms with van der Waals surface area (Å²) < 4.78 is 36.0. The number of halogens is 3. The van der Waals surface area contributed by atoms with Gasteiger partial charge in [0, 0.05) is 17.6 Å². The minimum Gasteiger partial charge on any atom is -0.387 e. The lowest BCUT2D eigenvalue weighted by Crippen LogP contribution is -2.01. The van der Waals surface area contributed by atoms with E-state index in [1.54, 1.807) is 25.2 Å². The van der Waals surface area contributed by atoms with Crippen molar-refractivity contribution in [3.63, 3.8) is 0 Å². The molecule has 0 fully saturated rings. The summed E-state index contributed by atoms with van der Waals surface area (Å²) in [5, 5.41) is 2.70. The summed E-state index contributed by atoms with van der Waals surface area (Å²) in [5.41, 5.74) is -3.74. The molecule has 13 heavy (non-hydrogen) atoms. The first-order chi connectivity index (χ1) is 6.03. The van der Waals surface area contributed by atoms with E-state index in [2.05, 4.69) is 5.32 Å². The van der Waals surface area contributed by atoms with Crippen LogP contribution in [0, 0.1) is 0 Å². The number of nitrogens with one attached hydrogen (secondary N) is 1. The van der Waals surface area contributed by atoms with Crippen LogP contribution < -0.4 is 5.32 Å². The largest absolute Gasteiger partial charge is 0.446 e. The molecule has 72 valence electrons. The number of para-hydroxylation sites is 1. The Bertz CT molecular complexity index is 285. The molecule has 1 N–H and O–H groups in total. The molecule has 0 heterocycles. The van der Waals surface area contributed by atoms with E-state index in [-0.39, 0.29) is 16.7 Å². The molecule has 1 aromatic rings. The average molecular weight is 207 g/mol. The van der Waals surface area contributed by atoms with E-state index >= 15 is 0 Å². The van der Waals surface area contributed by atoms with Gasteiger partial charge in [-0.1, -0.05) is 12.1 Å². The van der Waals surface area contributed by atoms with Gasteiger partial charge in [-0.25, -0.2) is 0 Å². The highest BCUT2D eigenvalue weighted by molar-refractivity contribution is 8.00. The Hall–Kier alpha value is -0.840. The maximum atomic E-state index is 12.0. The number of rotatable bonds is 2. The second kappa shape index (κ2) is 3.91. The van der Waals surface area contributed by atoms with Crippen LogP contribution in [0.25, 0.3) is 0 Å². The SMILES string of the molecule is CNc1ccccc1SC(F)(F)F. The van der Waals surface area contributed by atoms with Crippen molar-refractivity contribution in [3.05, 3.63) is 24.3 Å². The van der Waals surface area contributed by atoms with Crippen molar-refractivity contribution in [2.45, 2.75) is 10.4 Å². The summed E-state index contributed by atoms with van der Waals surface area (Å²) in [6.07, 6.45) is 0. The fraction of sp³-hybridized carbons (Fsp3) is 0.250. The van der Waals surface area contributed by atoms with E-state index in [9.17, 15) is 13.2 Å². The van der Waals surface area contributed by atoms with Gasteiger partial charge in [-0.05, 0) is 23.9 Å². The molecule has 0 amide bonds. The molecule has 0 atom stereocenters. The number of hydrogen-bond donors (Lipinski definition) is 1. The monoisotopic (exact) mass is 207 g/mol. The molecule has 0 aliphatic heterocycles. The van der Waals surface area contributed by atoms with Crippen molar-refractivity contribution in [1.29, 1.82) is 0 Å². The maximum Gasteiger partial charge on any atom is 0.446 e. The van der Waals surface area contributed by atoms with Gasteiger partial charge in [-0.3, -0.25) is 0 Å². The lowest BCUT2D eigenvalue weighted by Gasteiger charge is -2.09. The van der Waals surface area contributed by atoms with Gasteiger partial charge < -0.3 is 5.32 Å². The van der Waals surface area contributed by atoms with Gasteiger partial charge >= 0.3 is 5.51 Å². The Morgan fingerprint density at radius 2 is 1.85 bits per heavy atom. The zero-order chi connectivity index (χ0) is 9.90. The van der Waals surface area contributed by atoms with Crippen molar-refractivity contribution in [3.8, 4) is 0 Å². The van der Waals surface area contributed by atoms with Crippen molar-refractivity contribution in [2.75, 3.05) is 12.4 Å². The van der Waals surface area contributed by atoms with Crippen LogP contribution in [0.15, 0.2) is 29.2 Å². The Kier molecular flexibility index (Phi) is 3.08. The van der Waals surface area contributed by atoms with Crippen molar-refractivity contribution in [1.82, 2.24) is 0 Å².